The molecule has 0 aliphatic carbocycles. The van der Waals surface area contributed by atoms with E-state index in [1.54, 1.807) is 17.0 Å². The highest BCUT2D eigenvalue weighted by Crippen LogP contribution is 2.34. The second kappa shape index (κ2) is 8.00. The van der Waals surface area contributed by atoms with Crippen LogP contribution >= 0.6 is 0 Å². The summed E-state index contributed by atoms with van der Waals surface area (Å²) in [6.07, 6.45) is -1.88. The Hall–Kier alpha value is -2.90. The molecule has 0 aromatic heterocycles. The van der Waals surface area contributed by atoms with Crippen LogP contribution in [0.2, 0.25) is 0 Å². The summed E-state index contributed by atoms with van der Waals surface area (Å²) in [4.78, 5) is 24.7. The Kier molecular flexibility index (Phi) is 5.67. The van der Waals surface area contributed by atoms with Crippen molar-refractivity contribution >= 4 is 11.6 Å². The molecule has 8 heteroatoms. The topological polar surface area (TPSA) is 63.4 Å². The summed E-state index contributed by atoms with van der Waals surface area (Å²) < 4.78 is 38.3. The number of alkyl halides is 3. The maximum atomic E-state index is 12.8. The molecule has 0 saturated carbocycles. The fourth-order valence-corrected chi connectivity index (χ4v) is 3.48. The number of hydrogen-bond donors (Lipinski definition) is 0. The van der Waals surface area contributed by atoms with Crippen molar-refractivity contribution in [2.24, 2.45) is 0 Å². The number of nitro benzene ring substituents is 1. The van der Waals surface area contributed by atoms with Gasteiger partial charge in [0.1, 0.15) is 0 Å². The highest BCUT2D eigenvalue weighted by atomic mass is 19.4. The number of carbonyl (C=O) groups is 1. The highest BCUT2D eigenvalue weighted by Gasteiger charge is 2.32. The van der Waals surface area contributed by atoms with Gasteiger partial charge >= 0.3 is 6.18 Å². The van der Waals surface area contributed by atoms with Gasteiger partial charge in [-0.1, -0.05) is 24.3 Å². The lowest BCUT2D eigenvalue weighted by Crippen LogP contribution is -2.39. The van der Waals surface area contributed by atoms with E-state index in [-0.39, 0.29) is 24.1 Å². The number of benzene rings is 2. The lowest BCUT2D eigenvalue weighted by atomic mass is 9.93. The number of carbonyl (C=O) groups excluding carboxylic acids is 1. The largest absolute Gasteiger partial charge is 0.416 e. The molecule has 5 nitrogen and oxygen atoms in total. The molecule has 148 valence electrons. The predicted molar refractivity (Wildman–Crippen MR) is 96.5 cm³/mol. The molecule has 1 atom stereocenters. The van der Waals surface area contributed by atoms with Gasteiger partial charge in [-0.3, -0.25) is 14.9 Å². The van der Waals surface area contributed by atoms with Gasteiger partial charge in [-0.25, -0.2) is 0 Å². The second-order valence-corrected chi connectivity index (χ2v) is 6.82. The Morgan fingerprint density at radius 1 is 1.07 bits per heavy atom. The van der Waals surface area contributed by atoms with Crippen LogP contribution in [0.1, 0.15) is 42.0 Å². The fourth-order valence-electron chi connectivity index (χ4n) is 3.48. The minimum Gasteiger partial charge on any atom is -0.335 e. The van der Waals surface area contributed by atoms with Crippen LogP contribution in [-0.4, -0.2) is 22.3 Å². The second-order valence-electron chi connectivity index (χ2n) is 6.82. The lowest BCUT2D eigenvalue weighted by Gasteiger charge is -2.36. The van der Waals surface area contributed by atoms with E-state index in [4.69, 9.17) is 0 Å². The van der Waals surface area contributed by atoms with Crippen LogP contribution in [0.3, 0.4) is 0 Å². The average molecular weight is 392 g/mol. The van der Waals surface area contributed by atoms with Crippen LogP contribution in [0.15, 0.2) is 48.5 Å². The number of amides is 1. The van der Waals surface area contributed by atoms with E-state index in [2.05, 4.69) is 0 Å². The zero-order valence-corrected chi connectivity index (χ0v) is 15.0. The number of halogens is 3. The third-order valence-electron chi connectivity index (χ3n) is 4.95. The SMILES string of the molecule is O=C(Cc1ccc([N+](=O)[O-])cc1)N1CCCCC1c1ccc(C(F)(F)F)cc1. The van der Waals surface area contributed by atoms with E-state index in [9.17, 15) is 28.1 Å². The maximum Gasteiger partial charge on any atom is 0.416 e. The molecule has 2 aromatic carbocycles. The van der Waals surface area contributed by atoms with Crippen LogP contribution in [0.25, 0.3) is 0 Å². The quantitative estimate of drug-likeness (QED) is 0.549. The Bertz CT molecular complexity index is 848. The summed E-state index contributed by atoms with van der Waals surface area (Å²) in [5.74, 6) is -0.140. The van der Waals surface area contributed by atoms with Crippen molar-refractivity contribution in [1.29, 1.82) is 0 Å². The average Bonchev–Trinajstić information content (AvgIpc) is 2.68. The summed E-state index contributed by atoms with van der Waals surface area (Å²) in [5.41, 5.74) is 0.588. The van der Waals surface area contributed by atoms with Gasteiger partial charge in [-0.15, -0.1) is 0 Å². The third kappa shape index (κ3) is 4.49. The molecule has 1 heterocycles. The first kappa shape index (κ1) is 19.9. The summed E-state index contributed by atoms with van der Waals surface area (Å²) >= 11 is 0. The number of likely N-dealkylation sites (tertiary alicyclic amines) is 1. The Balaban J connectivity index is 1.75. The molecular weight excluding hydrogens is 373 g/mol. The number of nitrogens with zero attached hydrogens (tertiary/aromatic N) is 2. The van der Waals surface area contributed by atoms with Gasteiger partial charge in [0.15, 0.2) is 0 Å². The van der Waals surface area contributed by atoms with Gasteiger partial charge in [0, 0.05) is 18.7 Å². The zero-order valence-electron chi connectivity index (χ0n) is 15.0. The first-order valence-corrected chi connectivity index (χ1v) is 8.95. The van der Waals surface area contributed by atoms with E-state index >= 15 is 0 Å². The number of non-ortho nitro benzene ring substituents is 1. The van der Waals surface area contributed by atoms with Crippen molar-refractivity contribution in [3.63, 3.8) is 0 Å². The fraction of sp³-hybridized carbons (Fsp3) is 0.350. The van der Waals surface area contributed by atoms with Crippen molar-refractivity contribution in [3.8, 4) is 0 Å². The smallest absolute Gasteiger partial charge is 0.335 e. The van der Waals surface area contributed by atoms with Crippen molar-refractivity contribution in [3.05, 3.63) is 75.3 Å². The molecular formula is C20H19F3N2O3. The Morgan fingerprint density at radius 2 is 1.71 bits per heavy atom. The lowest BCUT2D eigenvalue weighted by molar-refractivity contribution is -0.384. The number of nitro groups is 1. The number of hydrogen-bond acceptors (Lipinski definition) is 3. The van der Waals surface area contributed by atoms with Crippen molar-refractivity contribution in [2.75, 3.05) is 6.54 Å². The molecule has 1 aliphatic rings. The third-order valence-corrected chi connectivity index (χ3v) is 4.95. The van der Waals surface area contributed by atoms with E-state index in [1.807, 2.05) is 0 Å². The number of rotatable bonds is 4. The van der Waals surface area contributed by atoms with E-state index in [0.29, 0.717) is 24.1 Å². The van der Waals surface area contributed by atoms with Gasteiger partial charge in [-0.05, 0) is 42.5 Å². The van der Waals surface area contributed by atoms with Crippen LogP contribution in [-0.2, 0) is 17.4 Å². The van der Waals surface area contributed by atoms with Crippen LogP contribution < -0.4 is 0 Å². The predicted octanol–water partition coefficient (Wildman–Crippen LogP) is 4.91. The maximum absolute atomic E-state index is 12.8. The highest BCUT2D eigenvalue weighted by molar-refractivity contribution is 5.79. The van der Waals surface area contributed by atoms with Crippen LogP contribution in [0.5, 0.6) is 0 Å². The molecule has 0 spiro atoms. The Labute approximate surface area is 159 Å². The molecule has 28 heavy (non-hydrogen) atoms. The first-order chi connectivity index (χ1) is 13.3. The van der Waals surface area contributed by atoms with Gasteiger partial charge in [-0.2, -0.15) is 13.2 Å². The summed E-state index contributed by atoms with van der Waals surface area (Å²) in [6, 6.07) is 10.5. The van der Waals surface area contributed by atoms with Crippen LogP contribution in [0.4, 0.5) is 18.9 Å². The van der Waals surface area contributed by atoms with Crippen molar-refractivity contribution in [2.45, 2.75) is 37.9 Å². The summed E-state index contributed by atoms with van der Waals surface area (Å²) in [7, 11) is 0. The van der Waals surface area contributed by atoms with Gasteiger partial charge in [0.25, 0.3) is 5.69 Å². The molecule has 1 aliphatic heterocycles. The van der Waals surface area contributed by atoms with Gasteiger partial charge in [0.05, 0.1) is 22.9 Å². The van der Waals surface area contributed by atoms with E-state index < -0.39 is 16.7 Å². The molecule has 0 bridgehead atoms. The molecule has 3 rings (SSSR count). The molecule has 0 radical (unpaired) electrons. The van der Waals surface area contributed by atoms with Crippen molar-refractivity contribution < 1.29 is 22.9 Å². The normalized spacial score (nSPS) is 17.4. The monoisotopic (exact) mass is 392 g/mol. The molecule has 1 unspecified atom stereocenters. The molecule has 1 fully saturated rings. The van der Waals surface area contributed by atoms with Gasteiger partial charge in [0.2, 0.25) is 5.91 Å². The summed E-state index contributed by atoms with van der Waals surface area (Å²) in [6.45, 7) is 0.539. The Morgan fingerprint density at radius 3 is 2.29 bits per heavy atom. The van der Waals surface area contributed by atoms with E-state index in [0.717, 1.165) is 25.0 Å². The van der Waals surface area contributed by atoms with Crippen molar-refractivity contribution in [1.82, 2.24) is 4.90 Å². The zero-order chi connectivity index (χ0) is 20.3. The molecule has 0 N–H and O–H groups in total. The molecule has 1 saturated heterocycles. The minimum atomic E-state index is -4.39. The first-order valence-electron chi connectivity index (χ1n) is 8.95. The van der Waals surface area contributed by atoms with Crippen LogP contribution in [0, 0.1) is 10.1 Å². The molecule has 2 aromatic rings. The van der Waals surface area contributed by atoms with Gasteiger partial charge < -0.3 is 4.90 Å². The standard InChI is InChI=1S/C20H19F3N2O3/c21-20(22,23)16-8-6-15(7-9-16)18-3-1-2-12-24(18)19(26)13-14-4-10-17(11-5-14)25(27)28/h4-11,18H,1-3,12-13H2. The van der Waals surface area contributed by atoms with E-state index in [1.165, 1.54) is 24.3 Å². The minimum absolute atomic E-state index is 0.0446. The number of piperidine rings is 1. The summed E-state index contributed by atoms with van der Waals surface area (Å²) in [5, 5.41) is 10.7. The molecule has 1 amide bonds.